The van der Waals surface area contributed by atoms with Crippen LogP contribution < -0.4 is 11.1 Å². The zero-order valence-electron chi connectivity index (χ0n) is 12.8. The molecule has 2 heterocycles. The number of nitrogens with two attached hydrogens (primary N) is 1. The van der Waals surface area contributed by atoms with E-state index < -0.39 is 0 Å². The van der Waals surface area contributed by atoms with Crippen molar-refractivity contribution in [3.05, 3.63) is 0 Å². The molecule has 21 heavy (non-hydrogen) atoms. The number of amides is 2. The van der Waals surface area contributed by atoms with Crippen molar-refractivity contribution >= 4 is 36.0 Å². The van der Waals surface area contributed by atoms with Crippen molar-refractivity contribution in [1.29, 1.82) is 0 Å². The number of fused-ring (bicyclic) bond motifs is 1. The van der Waals surface area contributed by atoms with Gasteiger partial charge in [-0.15, -0.1) is 24.2 Å². The Morgan fingerprint density at radius 3 is 2.95 bits per heavy atom. The van der Waals surface area contributed by atoms with Gasteiger partial charge in [0.05, 0.1) is 4.87 Å². The molecule has 2 fully saturated rings. The second-order valence-electron chi connectivity index (χ2n) is 5.85. The van der Waals surface area contributed by atoms with E-state index >= 15 is 0 Å². The zero-order chi connectivity index (χ0) is 14.8. The molecule has 0 aromatic heterocycles. The molecule has 3 N–H and O–H groups in total. The molecule has 2 amide bonds. The van der Waals surface area contributed by atoms with Gasteiger partial charge in [0, 0.05) is 24.8 Å². The van der Waals surface area contributed by atoms with Gasteiger partial charge in [-0.3, -0.25) is 9.59 Å². The highest BCUT2D eigenvalue weighted by Gasteiger charge is 2.52. The number of rotatable bonds is 6. The van der Waals surface area contributed by atoms with Crippen LogP contribution in [0.2, 0.25) is 0 Å². The third-order valence-corrected chi connectivity index (χ3v) is 5.79. The Bertz CT molecular complexity index is 396. The average Bonchev–Trinajstić information content (AvgIpc) is 2.92. The van der Waals surface area contributed by atoms with E-state index in [4.69, 9.17) is 5.73 Å². The van der Waals surface area contributed by atoms with Crippen molar-refractivity contribution in [2.75, 3.05) is 12.3 Å². The lowest BCUT2D eigenvalue weighted by Crippen LogP contribution is -2.53. The molecule has 2 rings (SSSR count). The summed E-state index contributed by atoms with van der Waals surface area (Å²) in [6.07, 6.45) is 4.46. The number of thioether (sulfide) groups is 1. The maximum Gasteiger partial charge on any atom is 0.243 e. The summed E-state index contributed by atoms with van der Waals surface area (Å²) >= 11 is 1.72. The molecular weight excluding hydrogens is 310 g/mol. The van der Waals surface area contributed by atoms with Crippen molar-refractivity contribution < 1.29 is 9.59 Å². The Morgan fingerprint density at radius 1 is 1.62 bits per heavy atom. The molecule has 2 aliphatic heterocycles. The Balaban J connectivity index is 0.00000220. The predicted octanol–water partition coefficient (Wildman–Crippen LogP) is 1.50. The normalized spacial score (nSPS) is 29.0. The molecule has 2 saturated heterocycles. The van der Waals surface area contributed by atoms with Gasteiger partial charge < -0.3 is 16.0 Å². The van der Waals surface area contributed by atoms with E-state index in [2.05, 4.69) is 19.2 Å². The average molecular weight is 336 g/mol. The maximum atomic E-state index is 12.4. The number of hydrogen-bond donors (Lipinski definition) is 2. The van der Waals surface area contributed by atoms with Gasteiger partial charge in [0.2, 0.25) is 11.8 Å². The Morgan fingerprint density at radius 2 is 2.33 bits per heavy atom. The number of halogens is 1. The quantitative estimate of drug-likeness (QED) is 0.771. The van der Waals surface area contributed by atoms with Crippen LogP contribution in [0.15, 0.2) is 0 Å². The standard InChI is InChI=1S/C14H25N3O2S.ClH/c1-3-4-5-10(8-15)16-13(19)11-9-20-14(2)7-6-12(18)17(11)14;/h10-11H,3-9,15H2,1-2H3,(H,16,19);1H. The fourth-order valence-electron chi connectivity index (χ4n) is 3.01. The fourth-order valence-corrected chi connectivity index (χ4v) is 4.44. The van der Waals surface area contributed by atoms with Crippen LogP contribution >= 0.6 is 24.2 Å². The molecule has 7 heteroatoms. The SMILES string of the molecule is CCCCC(CN)NC(=O)C1CSC2(C)CCC(=O)N12.Cl. The lowest BCUT2D eigenvalue weighted by molar-refractivity contribution is -0.138. The number of nitrogens with one attached hydrogen (secondary N) is 1. The van der Waals surface area contributed by atoms with E-state index in [1.165, 1.54) is 0 Å². The molecule has 0 spiro atoms. The minimum atomic E-state index is -0.323. The minimum absolute atomic E-state index is 0. The molecule has 3 unspecified atom stereocenters. The minimum Gasteiger partial charge on any atom is -0.350 e. The van der Waals surface area contributed by atoms with Crippen molar-refractivity contribution in [1.82, 2.24) is 10.2 Å². The van der Waals surface area contributed by atoms with Crippen LogP contribution in [0, 0.1) is 0 Å². The molecule has 122 valence electrons. The number of unbranched alkanes of at least 4 members (excludes halogenated alkanes) is 1. The van der Waals surface area contributed by atoms with Crippen LogP contribution in [-0.2, 0) is 9.59 Å². The first-order valence-electron chi connectivity index (χ1n) is 7.48. The zero-order valence-corrected chi connectivity index (χ0v) is 14.4. The number of carbonyl (C=O) groups is 2. The lowest BCUT2D eigenvalue weighted by atomic mass is 10.1. The third-order valence-electron chi connectivity index (χ3n) is 4.28. The van der Waals surface area contributed by atoms with E-state index in [1.807, 2.05) is 0 Å². The smallest absolute Gasteiger partial charge is 0.243 e. The van der Waals surface area contributed by atoms with Gasteiger partial charge in [0.25, 0.3) is 0 Å². The number of carbonyl (C=O) groups excluding carboxylic acids is 2. The molecule has 0 aromatic rings. The van der Waals surface area contributed by atoms with Crippen molar-refractivity contribution in [3.63, 3.8) is 0 Å². The summed E-state index contributed by atoms with van der Waals surface area (Å²) in [7, 11) is 0. The van der Waals surface area contributed by atoms with Crippen molar-refractivity contribution in [3.8, 4) is 0 Å². The second-order valence-corrected chi connectivity index (χ2v) is 7.35. The number of hydrogen-bond acceptors (Lipinski definition) is 4. The van der Waals surface area contributed by atoms with Crippen LogP contribution in [0.3, 0.4) is 0 Å². The van der Waals surface area contributed by atoms with E-state index in [-0.39, 0.29) is 41.2 Å². The van der Waals surface area contributed by atoms with Gasteiger partial charge >= 0.3 is 0 Å². The fraction of sp³-hybridized carbons (Fsp3) is 0.857. The van der Waals surface area contributed by atoms with Crippen molar-refractivity contribution in [2.24, 2.45) is 5.73 Å². The summed E-state index contributed by atoms with van der Waals surface area (Å²) in [4.78, 5) is 26.1. The summed E-state index contributed by atoms with van der Waals surface area (Å²) in [5.74, 6) is 0.762. The van der Waals surface area contributed by atoms with Crippen LogP contribution in [0.5, 0.6) is 0 Å². The highest BCUT2D eigenvalue weighted by Crippen LogP contribution is 2.47. The van der Waals surface area contributed by atoms with Gasteiger partial charge in [0.1, 0.15) is 6.04 Å². The van der Waals surface area contributed by atoms with E-state index in [0.29, 0.717) is 18.7 Å². The highest BCUT2D eigenvalue weighted by molar-refractivity contribution is 8.01. The second kappa shape index (κ2) is 7.70. The monoisotopic (exact) mass is 335 g/mol. The first-order valence-corrected chi connectivity index (χ1v) is 8.47. The van der Waals surface area contributed by atoms with Crippen LogP contribution in [0.25, 0.3) is 0 Å². The van der Waals surface area contributed by atoms with Gasteiger partial charge in [0.15, 0.2) is 0 Å². The molecule has 2 aliphatic rings. The Labute approximate surface area is 137 Å². The molecule has 0 bridgehead atoms. The molecule has 3 atom stereocenters. The summed E-state index contributed by atoms with van der Waals surface area (Å²) in [5, 5.41) is 3.02. The largest absolute Gasteiger partial charge is 0.350 e. The molecule has 0 radical (unpaired) electrons. The van der Waals surface area contributed by atoms with Crippen molar-refractivity contribution in [2.45, 2.75) is 62.9 Å². The molecule has 0 aromatic carbocycles. The third kappa shape index (κ3) is 3.85. The number of nitrogens with zero attached hydrogens (tertiary/aromatic N) is 1. The van der Waals surface area contributed by atoms with E-state index in [1.54, 1.807) is 16.7 Å². The van der Waals surface area contributed by atoms with E-state index in [9.17, 15) is 9.59 Å². The van der Waals surface area contributed by atoms with Crippen LogP contribution in [-0.4, -0.2) is 46.0 Å². The lowest BCUT2D eigenvalue weighted by Gasteiger charge is -2.30. The summed E-state index contributed by atoms with van der Waals surface area (Å²) in [6, 6.07) is -0.298. The topological polar surface area (TPSA) is 75.4 Å². The molecule has 5 nitrogen and oxygen atoms in total. The molecule has 0 aliphatic carbocycles. The van der Waals surface area contributed by atoms with Gasteiger partial charge in [-0.1, -0.05) is 19.8 Å². The molecular formula is C14H26ClN3O2S. The van der Waals surface area contributed by atoms with Crippen LogP contribution in [0.1, 0.15) is 46.0 Å². The van der Waals surface area contributed by atoms with Gasteiger partial charge in [-0.05, 0) is 19.8 Å². The summed E-state index contributed by atoms with van der Waals surface area (Å²) in [5.41, 5.74) is 5.72. The van der Waals surface area contributed by atoms with Gasteiger partial charge in [-0.25, -0.2) is 0 Å². The molecule has 0 saturated carbocycles. The van der Waals surface area contributed by atoms with E-state index in [0.717, 1.165) is 25.7 Å². The summed E-state index contributed by atoms with van der Waals surface area (Å²) < 4.78 is 0. The predicted molar refractivity (Wildman–Crippen MR) is 88.5 cm³/mol. The Hall–Kier alpha value is -0.460. The highest BCUT2D eigenvalue weighted by atomic mass is 35.5. The first kappa shape index (κ1) is 18.6. The first-order chi connectivity index (χ1) is 9.51. The summed E-state index contributed by atoms with van der Waals surface area (Å²) in [6.45, 7) is 4.64. The Kier molecular flexibility index (Phi) is 6.81. The van der Waals surface area contributed by atoms with Crippen LogP contribution in [0.4, 0.5) is 0 Å². The van der Waals surface area contributed by atoms with Gasteiger partial charge in [-0.2, -0.15) is 0 Å². The maximum absolute atomic E-state index is 12.4.